The maximum Gasteiger partial charge on any atom is 0.123 e. The zero-order chi connectivity index (χ0) is 8.55. The zero-order valence-corrected chi connectivity index (χ0v) is 6.59. The van der Waals surface area contributed by atoms with Crippen molar-refractivity contribution >= 4 is 0 Å². The molecule has 12 heavy (non-hydrogen) atoms. The van der Waals surface area contributed by atoms with Crippen LogP contribution < -0.4 is 10.5 Å². The zero-order valence-electron chi connectivity index (χ0n) is 6.59. The van der Waals surface area contributed by atoms with Crippen LogP contribution in [-0.4, -0.2) is 13.2 Å². The van der Waals surface area contributed by atoms with Gasteiger partial charge in [-0.25, -0.2) is 4.39 Å². The fourth-order valence-corrected chi connectivity index (χ4v) is 1.44. The Hall–Kier alpha value is -1.09. The van der Waals surface area contributed by atoms with E-state index in [4.69, 9.17) is 10.5 Å². The van der Waals surface area contributed by atoms with Crippen LogP contribution in [0.2, 0.25) is 0 Å². The Morgan fingerprint density at radius 1 is 1.58 bits per heavy atom. The van der Waals surface area contributed by atoms with Crippen LogP contribution in [-0.2, 0) is 0 Å². The summed E-state index contributed by atoms with van der Waals surface area (Å²) in [6.07, 6.45) is 0. The maximum absolute atomic E-state index is 12.8. The first-order valence-electron chi connectivity index (χ1n) is 3.93. The van der Waals surface area contributed by atoms with Gasteiger partial charge in [0.2, 0.25) is 0 Å². The summed E-state index contributed by atoms with van der Waals surface area (Å²) in [7, 11) is 0. The van der Waals surface area contributed by atoms with E-state index < -0.39 is 0 Å². The summed E-state index contributed by atoms with van der Waals surface area (Å²) in [5, 5.41) is 0. The molecule has 2 rings (SSSR count). The molecule has 1 aliphatic heterocycles. The predicted octanol–water partition coefficient (Wildman–Crippen LogP) is 1.26. The van der Waals surface area contributed by atoms with Crippen LogP contribution in [0.3, 0.4) is 0 Å². The third kappa shape index (κ3) is 1.06. The van der Waals surface area contributed by atoms with Crippen molar-refractivity contribution in [2.24, 2.45) is 5.73 Å². The molecule has 0 radical (unpaired) electrons. The minimum atomic E-state index is -0.224. The van der Waals surface area contributed by atoms with E-state index in [9.17, 15) is 4.39 Å². The van der Waals surface area contributed by atoms with E-state index in [0.29, 0.717) is 13.2 Å². The minimum Gasteiger partial charge on any atom is -0.493 e. The molecule has 1 aliphatic rings. The van der Waals surface area contributed by atoms with Crippen molar-refractivity contribution in [2.45, 2.75) is 5.92 Å². The molecule has 0 fully saturated rings. The van der Waals surface area contributed by atoms with E-state index in [1.54, 1.807) is 6.07 Å². The van der Waals surface area contributed by atoms with Crippen molar-refractivity contribution in [3.63, 3.8) is 0 Å². The molecule has 1 unspecified atom stereocenters. The normalized spacial score (nSPS) is 20.3. The number of halogens is 1. The molecule has 2 nitrogen and oxygen atoms in total. The van der Waals surface area contributed by atoms with Crippen LogP contribution in [0, 0.1) is 5.82 Å². The molecule has 0 saturated carbocycles. The molecule has 0 spiro atoms. The fourth-order valence-electron chi connectivity index (χ4n) is 1.44. The van der Waals surface area contributed by atoms with Crippen molar-refractivity contribution in [3.05, 3.63) is 29.6 Å². The molecule has 1 heterocycles. The standard InChI is InChI=1S/C9H10FNO/c10-7-1-2-9-8(3-7)6(4-11)5-12-9/h1-3,6H,4-5,11H2. The summed E-state index contributed by atoms with van der Waals surface area (Å²) in [6.45, 7) is 1.09. The Labute approximate surface area is 70.1 Å². The number of hydrogen-bond acceptors (Lipinski definition) is 2. The first kappa shape index (κ1) is 7.55. The van der Waals surface area contributed by atoms with Gasteiger partial charge in [0.05, 0.1) is 6.61 Å². The smallest absolute Gasteiger partial charge is 0.123 e. The van der Waals surface area contributed by atoms with Gasteiger partial charge in [-0.05, 0) is 18.2 Å². The molecular formula is C9H10FNO. The number of nitrogens with two attached hydrogens (primary N) is 1. The SMILES string of the molecule is NCC1COc2ccc(F)cc21. The van der Waals surface area contributed by atoms with Crippen molar-refractivity contribution in [3.8, 4) is 5.75 Å². The van der Waals surface area contributed by atoms with Crippen LogP contribution >= 0.6 is 0 Å². The van der Waals surface area contributed by atoms with Crippen molar-refractivity contribution in [1.82, 2.24) is 0 Å². The Morgan fingerprint density at radius 3 is 3.17 bits per heavy atom. The van der Waals surface area contributed by atoms with E-state index in [1.165, 1.54) is 12.1 Å². The molecular weight excluding hydrogens is 157 g/mol. The molecule has 3 heteroatoms. The fraction of sp³-hybridized carbons (Fsp3) is 0.333. The quantitative estimate of drug-likeness (QED) is 0.683. The van der Waals surface area contributed by atoms with Gasteiger partial charge in [-0.15, -0.1) is 0 Å². The van der Waals surface area contributed by atoms with Gasteiger partial charge >= 0.3 is 0 Å². The van der Waals surface area contributed by atoms with Gasteiger partial charge in [-0.2, -0.15) is 0 Å². The molecule has 1 aromatic rings. The average Bonchev–Trinajstić information content (AvgIpc) is 2.46. The van der Waals surface area contributed by atoms with Crippen LogP contribution in [0.5, 0.6) is 5.75 Å². The highest BCUT2D eigenvalue weighted by atomic mass is 19.1. The van der Waals surface area contributed by atoms with Gasteiger partial charge in [0.15, 0.2) is 0 Å². The molecule has 0 aromatic heterocycles. The molecule has 1 atom stereocenters. The van der Waals surface area contributed by atoms with Gasteiger partial charge in [0, 0.05) is 18.0 Å². The molecule has 0 bridgehead atoms. The molecule has 0 amide bonds. The number of ether oxygens (including phenoxy) is 1. The summed E-state index contributed by atoms with van der Waals surface area (Å²) in [5.41, 5.74) is 6.40. The number of fused-ring (bicyclic) bond motifs is 1. The summed E-state index contributed by atoms with van der Waals surface area (Å²) >= 11 is 0. The third-order valence-corrected chi connectivity index (χ3v) is 2.14. The summed E-state index contributed by atoms with van der Waals surface area (Å²) in [5.74, 6) is 0.709. The van der Waals surface area contributed by atoms with Gasteiger partial charge in [0.1, 0.15) is 11.6 Å². The van der Waals surface area contributed by atoms with Crippen LogP contribution in [0.4, 0.5) is 4.39 Å². The Morgan fingerprint density at radius 2 is 2.42 bits per heavy atom. The van der Waals surface area contributed by atoms with Crippen LogP contribution in [0.25, 0.3) is 0 Å². The highest BCUT2D eigenvalue weighted by Crippen LogP contribution is 2.33. The molecule has 64 valence electrons. The van der Waals surface area contributed by atoms with Crippen LogP contribution in [0.1, 0.15) is 11.5 Å². The summed E-state index contributed by atoms with van der Waals surface area (Å²) in [4.78, 5) is 0. The van der Waals surface area contributed by atoms with Crippen molar-refractivity contribution < 1.29 is 9.13 Å². The average molecular weight is 167 g/mol. The first-order chi connectivity index (χ1) is 5.81. The monoisotopic (exact) mass is 167 g/mol. The maximum atomic E-state index is 12.8. The lowest BCUT2D eigenvalue weighted by Crippen LogP contribution is -2.13. The second-order valence-electron chi connectivity index (χ2n) is 2.93. The third-order valence-electron chi connectivity index (χ3n) is 2.14. The van der Waals surface area contributed by atoms with Crippen LogP contribution in [0.15, 0.2) is 18.2 Å². The molecule has 1 aromatic carbocycles. The number of rotatable bonds is 1. The highest BCUT2D eigenvalue weighted by molar-refractivity contribution is 5.40. The Balaban J connectivity index is 2.42. The van der Waals surface area contributed by atoms with Gasteiger partial charge < -0.3 is 10.5 Å². The topological polar surface area (TPSA) is 35.2 Å². The highest BCUT2D eigenvalue weighted by Gasteiger charge is 2.22. The predicted molar refractivity (Wildman–Crippen MR) is 43.7 cm³/mol. The van der Waals surface area contributed by atoms with E-state index in [-0.39, 0.29) is 11.7 Å². The molecule has 0 saturated heterocycles. The largest absolute Gasteiger partial charge is 0.493 e. The Kier molecular flexibility index (Phi) is 1.73. The van der Waals surface area contributed by atoms with E-state index in [0.717, 1.165) is 11.3 Å². The van der Waals surface area contributed by atoms with Crippen molar-refractivity contribution in [2.75, 3.05) is 13.2 Å². The van der Waals surface area contributed by atoms with E-state index in [2.05, 4.69) is 0 Å². The number of benzene rings is 1. The lowest BCUT2D eigenvalue weighted by atomic mass is 10.0. The lowest BCUT2D eigenvalue weighted by molar-refractivity contribution is 0.333. The Bertz CT molecular complexity index is 301. The molecule has 0 aliphatic carbocycles. The summed E-state index contributed by atoms with van der Waals surface area (Å²) in [6, 6.07) is 4.55. The lowest BCUT2D eigenvalue weighted by Gasteiger charge is -2.02. The summed E-state index contributed by atoms with van der Waals surface area (Å²) < 4.78 is 18.1. The first-order valence-corrected chi connectivity index (χ1v) is 3.93. The van der Waals surface area contributed by atoms with Gasteiger partial charge in [0.25, 0.3) is 0 Å². The van der Waals surface area contributed by atoms with Crippen molar-refractivity contribution in [1.29, 1.82) is 0 Å². The second kappa shape index (κ2) is 2.75. The minimum absolute atomic E-state index is 0.163. The van der Waals surface area contributed by atoms with Gasteiger partial charge in [-0.1, -0.05) is 0 Å². The van der Waals surface area contributed by atoms with E-state index >= 15 is 0 Å². The number of hydrogen-bond donors (Lipinski definition) is 1. The molecule has 2 N–H and O–H groups in total. The second-order valence-corrected chi connectivity index (χ2v) is 2.93. The van der Waals surface area contributed by atoms with Gasteiger partial charge in [-0.3, -0.25) is 0 Å². The van der Waals surface area contributed by atoms with E-state index in [1.807, 2.05) is 0 Å².